The zero-order valence-electron chi connectivity index (χ0n) is 22.4. The number of rotatable bonds is 7. The van der Waals surface area contributed by atoms with Crippen molar-refractivity contribution in [3.63, 3.8) is 0 Å². The molecule has 3 fully saturated rings. The van der Waals surface area contributed by atoms with Crippen molar-refractivity contribution in [2.45, 2.75) is 96.7 Å². The molecule has 3 aliphatic rings. The monoisotopic (exact) mass is 492 g/mol. The minimum atomic E-state index is -0.848. The van der Waals surface area contributed by atoms with Crippen molar-refractivity contribution in [2.24, 2.45) is 11.7 Å². The average Bonchev–Trinajstić information content (AvgIpc) is 3.07. The number of hydrogen-bond acceptors (Lipinski definition) is 6. The topological polar surface area (TPSA) is 102 Å². The summed E-state index contributed by atoms with van der Waals surface area (Å²) in [4.78, 5) is 41.6. The van der Waals surface area contributed by atoms with Gasteiger partial charge in [-0.1, -0.05) is 39.5 Å². The molecule has 3 N–H and O–H groups in total. The molecule has 2 saturated heterocycles. The molecule has 9 heteroatoms. The molecule has 200 valence electrons. The Hall–Kier alpha value is -1.71. The molecule has 1 atom stereocenters. The SMILES string of the molecule is CC(=O)N1CCC(N(CC(C)C)N2CCN(C(=O)[C@@H](C)NC(=O)C3(N)CCCCCC3)CC2)CC1. The predicted molar refractivity (Wildman–Crippen MR) is 137 cm³/mol. The van der Waals surface area contributed by atoms with Crippen LogP contribution in [-0.4, -0.2) is 101 Å². The minimum absolute atomic E-state index is 0.0274. The van der Waals surface area contributed by atoms with Gasteiger partial charge >= 0.3 is 0 Å². The van der Waals surface area contributed by atoms with E-state index in [2.05, 4.69) is 29.2 Å². The van der Waals surface area contributed by atoms with Crippen LogP contribution >= 0.6 is 0 Å². The zero-order valence-corrected chi connectivity index (χ0v) is 22.4. The Bertz CT molecular complexity index is 721. The van der Waals surface area contributed by atoms with Gasteiger partial charge in [0.05, 0.1) is 5.54 Å². The van der Waals surface area contributed by atoms with E-state index in [0.717, 1.165) is 71.2 Å². The highest BCUT2D eigenvalue weighted by molar-refractivity contribution is 5.91. The molecule has 2 heterocycles. The Morgan fingerprint density at radius 1 is 0.914 bits per heavy atom. The van der Waals surface area contributed by atoms with Gasteiger partial charge in [0.1, 0.15) is 6.04 Å². The molecule has 35 heavy (non-hydrogen) atoms. The Kier molecular flexibility index (Phi) is 9.95. The molecular formula is C26H48N6O3. The van der Waals surface area contributed by atoms with Crippen LogP contribution in [0.2, 0.25) is 0 Å². The molecule has 3 amide bonds. The third-order valence-corrected chi connectivity index (χ3v) is 7.98. The molecule has 0 radical (unpaired) electrons. The fraction of sp³-hybridized carbons (Fsp3) is 0.885. The third kappa shape index (κ3) is 7.40. The third-order valence-electron chi connectivity index (χ3n) is 7.98. The second-order valence-corrected chi connectivity index (χ2v) is 11.3. The van der Waals surface area contributed by atoms with Gasteiger partial charge in [0, 0.05) is 58.8 Å². The minimum Gasteiger partial charge on any atom is -0.343 e. The molecule has 0 aromatic heterocycles. The van der Waals surface area contributed by atoms with Crippen LogP contribution in [0.1, 0.15) is 79.1 Å². The van der Waals surface area contributed by atoms with Crippen molar-refractivity contribution in [3.05, 3.63) is 0 Å². The fourth-order valence-electron chi connectivity index (χ4n) is 5.78. The van der Waals surface area contributed by atoms with E-state index >= 15 is 0 Å². The van der Waals surface area contributed by atoms with E-state index in [0.29, 0.717) is 37.9 Å². The van der Waals surface area contributed by atoms with Crippen LogP contribution in [0.15, 0.2) is 0 Å². The molecule has 2 aliphatic heterocycles. The summed E-state index contributed by atoms with van der Waals surface area (Å²) < 4.78 is 0. The van der Waals surface area contributed by atoms with Gasteiger partial charge in [-0.2, -0.15) is 0 Å². The number of hydrazine groups is 1. The maximum atomic E-state index is 13.1. The number of likely N-dealkylation sites (tertiary alicyclic amines) is 1. The van der Waals surface area contributed by atoms with Gasteiger partial charge in [-0.15, -0.1) is 0 Å². The van der Waals surface area contributed by atoms with Crippen molar-refractivity contribution in [2.75, 3.05) is 45.8 Å². The summed E-state index contributed by atoms with van der Waals surface area (Å²) in [5, 5.41) is 7.83. The summed E-state index contributed by atoms with van der Waals surface area (Å²) in [6.45, 7) is 13.4. The van der Waals surface area contributed by atoms with Crippen LogP contribution in [0.4, 0.5) is 0 Å². The van der Waals surface area contributed by atoms with E-state index in [1.165, 1.54) is 0 Å². The van der Waals surface area contributed by atoms with E-state index in [9.17, 15) is 14.4 Å². The lowest BCUT2D eigenvalue weighted by molar-refractivity contribution is -0.146. The van der Waals surface area contributed by atoms with Gasteiger partial charge < -0.3 is 20.9 Å². The standard InChI is InChI=1S/C26H48N6O3/c1-20(2)19-32(23-9-13-29(14-10-23)22(4)33)31-17-15-30(16-18-31)24(34)21(3)28-25(35)26(27)11-7-5-6-8-12-26/h20-21,23H,5-19,27H2,1-4H3,(H,28,35)/t21-/m1/s1. The number of hydrogen-bond donors (Lipinski definition) is 2. The summed E-state index contributed by atoms with van der Waals surface area (Å²) in [7, 11) is 0. The number of nitrogens with zero attached hydrogens (tertiary/aromatic N) is 4. The second kappa shape index (κ2) is 12.5. The molecule has 3 rings (SSSR count). The van der Waals surface area contributed by atoms with Crippen molar-refractivity contribution >= 4 is 17.7 Å². The lowest BCUT2D eigenvalue weighted by Crippen LogP contribution is -2.62. The molecule has 0 aromatic rings. The van der Waals surface area contributed by atoms with Gasteiger partial charge in [0.25, 0.3) is 0 Å². The van der Waals surface area contributed by atoms with Crippen LogP contribution in [0.5, 0.6) is 0 Å². The first-order chi connectivity index (χ1) is 16.6. The number of carbonyl (C=O) groups is 3. The van der Waals surface area contributed by atoms with Crippen LogP contribution in [0, 0.1) is 5.92 Å². The quantitative estimate of drug-likeness (QED) is 0.523. The number of nitrogens with two attached hydrogens (primary N) is 1. The number of piperidine rings is 1. The lowest BCUT2D eigenvalue weighted by Gasteiger charge is -2.47. The number of piperazine rings is 1. The first kappa shape index (κ1) is 27.9. The lowest BCUT2D eigenvalue weighted by atomic mass is 9.90. The highest BCUT2D eigenvalue weighted by atomic mass is 16.2. The molecule has 0 spiro atoms. The highest BCUT2D eigenvalue weighted by Gasteiger charge is 2.37. The largest absolute Gasteiger partial charge is 0.343 e. The Labute approximate surface area is 211 Å². The van der Waals surface area contributed by atoms with Crippen LogP contribution < -0.4 is 11.1 Å². The Balaban J connectivity index is 1.52. The molecule has 0 aromatic carbocycles. The number of amides is 3. The summed E-state index contributed by atoms with van der Waals surface area (Å²) >= 11 is 0. The predicted octanol–water partition coefficient (Wildman–Crippen LogP) is 1.57. The van der Waals surface area contributed by atoms with Crippen LogP contribution in [0.3, 0.4) is 0 Å². The maximum Gasteiger partial charge on any atom is 0.244 e. The number of carbonyl (C=O) groups excluding carboxylic acids is 3. The summed E-state index contributed by atoms with van der Waals surface area (Å²) in [6.07, 6.45) is 7.52. The average molecular weight is 493 g/mol. The molecule has 1 saturated carbocycles. The second-order valence-electron chi connectivity index (χ2n) is 11.3. The van der Waals surface area contributed by atoms with E-state index < -0.39 is 11.6 Å². The molecule has 0 unspecified atom stereocenters. The maximum absolute atomic E-state index is 13.1. The van der Waals surface area contributed by atoms with E-state index in [-0.39, 0.29) is 17.7 Å². The van der Waals surface area contributed by atoms with Gasteiger partial charge in [-0.3, -0.25) is 14.4 Å². The van der Waals surface area contributed by atoms with Crippen molar-refractivity contribution in [1.82, 2.24) is 25.1 Å². The van der Waals surface area contributed by atoms with E-state index in [1.54, 1.807) is 13.8 Å². The van der Waals surface area contributed by atoms with Crippen molar-refractivity contribution in [3.8, 4) is 0 Å². The van der Waals surface area contributed by atoms with Gasteiger partial charge in [0.2, 0.25) is 17.7 Å². The highest BCUT2D eigenvalue weighted by Crippen LogP contribution is 2.25. The van der Waals surface area contributed by atoms with E-state index in [1.807, 2.05) is 9.80 Å². The summed E-state index contributed by atoms with van der Waals surface area (Å²) in [6, 6.07) is -0.144. The van der Waals surface area contributed by atoms with Gasteiger partial charge in [0.15, 0.2) is 0 Å². The van der Waals surface area contributed by atoms with Crippen LogP contribution in [0.25, 0.3) is 0 Å². The first-order valence-electron chi connectivity index (χ1n) is 13.8. The number of nitrogens with one attached hydrogen (secondary N) is 1. The van der Waals surface area contributed by atoms with E-state index in [4.69, 9.17) is 5.73 Å². The van der Waals surface area contributed by atoms with Crippen LogP contribution in [-0.2, 0) is 14.4 Å². The van der Waals surface area contributed by atoms with Gasteiger partial charge in [-0.25, -0.2) is 10.0 Å². The smallest absolute Gasteiger partial charge is 0.244 e. The van der Waals surface area contributed by atoms with Crippen molar-refractivity contribution < 1.29 is 14.4 Å². The molecule has 1 aliphatic carbocycles. The fourth-order valence-corrected chi connectivity index (χ4v) is 5.78. The molecular weight excluding hydrogens is 444 g/mol. The first-order valence-corrected chi connectivity index (χ1v) is 13.8. The normalized spacial score (nSPS) is 23.3. The van der Waals surface area contributed by atoms with Gasteiger partial charge in [-0.05, 0) is 38.5 Å². The summed E-state index contributed by atoms with van der Waals surface area (Å²) in [5.41, 5.74) is 5.60. The Morgan fingerprint density at radius 2 is 1.49 bits per heavy atom. The summed E-state index contributed by atoms with van der Waals surface area (Å²) in [5.74, 6) is 0.481. The molecule has 0 bridgehead atoms. The van der Waals surface area contributed by atoms with Crippen molar-refractivity contribution in [1.29, 1.82) is 0 Å². The molecule has 9 nitrogen and oxygen atoms in total. The Morgan fingerprint density at radius 3 is 2.00 bits per heavy atom. The zero-order chi connectivity index (χ0) is 25.6.